The van der Waals surface area contributed by atoms with E-state index in [0.717, 1.165) is 32.1 Å². The zero-order chi connectivity index (χ0) is 8.97. The second-order valence-corrected chi connectivity index (χ2v) is 3.77. The minimum Gasteiger partial charge on any atom is -0.375 e. The molecule has 0 spiro atoms. The standard InChI is InChI=1S/C10H21NO/c1-3-9(4-2)12-10-6-5-8(11)7-10/h8-10H,3-7,11H2,1-2H3. The van der Waals surface area contributed by atoms with Gasteiger partial charge in [-0.1, -0.05) is 13.8 Å². The Hall–Kier alpha value is -0.0800. The zero-order valence-corrected chi connectivity index (χ0v) is 8.25. The SMILES string of the molecule is CCC(CC)OC1CCC(N)C1. The monoisotopic (exact) mass is 171 g/mol. The molecule has 2 heteroatoms. The maximum absolute atomic E-state index is 5.90. The molecule has 0 heterocycles. The molecule has 2 nitrogen and oxygen atoms in total. The van der Waals surface area contributed by atoms with Gasteiger partial charge in [0.1, 0.15) is 0 Å². The van der Waals surface area contributed by atoms with Gasteiger partial charge in [-0.15, -0.1) is 0 Å². The van der Waals surface area contributed by atoms with Gasteiger partial charge in [0.2, 0.25) is 0 Å². The molecule has 1 aliphatic rings. The van der Waals surface area contributed by atoms with Crippen molar-refractivity contribution in [2.45, 2.75) is 64.2 Å². The minimum absolute atomic E-state index is 0.393. The third-order valence-corrected chi connectivity index (χ3v) is 2.72. The van der Waals surface area contributed by atoms with E-state index in [0.29, 0.717) is 18.2 Å². The lowest BCUT2D eigenvalue weighted by Gasteiger charge is -2.19. The van der Waals surface area contributed by atoms with E-state index < -0.39 is 0 Å². The summed E-state index contributed by atoms with van der Waals surface area (Å²) in [6, 6.07) is 0.393. The normalized spacial score (nSPS) is 30.0. The van der Waals surface area contributed by atoms with Gasteiger partial charge in [0.25, 0.3) is 0 Å². The molecule has 1 aliphatic carbocycles. The smallest absolute Gasteiger partial charge is 0.0594 e. The fourth-order valence-corrected chi connectivity index (χ4v) is 1.85. The van der Waals surface area contributed by atoms with Gasteiger partial charge in [-0.25, -0.2) is 0 Å². The van der Waals surface area contributed by atoms with Crippen LogP contribution in [0, 0.1) is 0 Å². The van der Waals surface area contributed by atoms with Crippen molar-refractivity contribution >= 4 is 0 Å². The van der Waals surface area contributed by atoms with Crippen molar-refractivity contribution in [3.05, 3.63) is 0 Å². The summed E-state index contributed by atoms with van der Waals surface area (Å²) in [6.45, 7) is 4.37. The topological polar surface area (TPSA) is 35.2 Å². The van der Waals surface area contributed by atoms with E-state index in [1.807, 2.05) is 0 Å². The van der Waals surface area contributed by atoms with Gasteiger partial charge in [-0.3, -0.25) is 0 Å². The van der Waals surface area contributed by atoms with Crippen molar-refractivity contribution in [1.29, 1.82) is 0 Å². The molecule has 0 aromatic carbocycles. The summed E-state index contributed by atoms with van der Waals surface area (Å²) in [5.41, 5.74) is 5.80. The summed E-state index contributed by atoms with van der Waals surface area (Å²) >= 11 is 0. The largest absolute Gasteiger partial charge is 0.375 e. The third-order valence-electron chi connectivity index (χ3n) is 2.72. The summed E-state index contributed by atoms with van der Waals surface area (Å²) in [6.07, 6.45) is 6.54. The van der Waals surface area contributed by atoms with Crippen LogP contribution in [0.25, 0.3) is 0 Å². The number of hydrogen-bond acceptors (Lipinski definition) is 2. The number of rotatable bonds is 4. The number of hydrogen-bond donors (Lipinski definition) is 1. The Morgan fingerprint density at radius 1 is 1.33 bits per heavy atom. The maximum Gasteiger partial charge on any atom is 0.0594 e. The van der Waals surface area contributed by atoms with Crippen LogP contribution in [0.1, 0.15) is 46.0 Å². The minimum atomic E-state index is 0.393. The van der Waals surface area contributed by atoms with Gasteiger partial charge < -0.3 is 10.5 Å². The predicted octanol–water partition coefficient (Wildman–Crippen LogP) is 2.07. The molecule has 0 aromatic heterocycles. The molecule has 1 rings (SSSR count). The second-order valence-electron chi connectivity index (χ2n) is 3.77. The molecule has 2 unspecified atom stereocenters. The van der Waals surface area contributed by atoms with E-state index >= 15 is 0 Å². The summed E-state index contributed by atoms with van der Waals surface area (Å²) in [7, 11) is 0. The lowest BCUT2D eigenvalue weighted by Crippen LogP contribution is -2.21. The van der Waals surface area contributed by atoms with Crippen LogP contribution in [0.3, 0.4) is 0 Å². The van der Waals surface area contributed by atoms with E-state index in [9.17, 15) is 0 Å². The van der Waals surface area contributed by atoms with E-state index in [2.05, 4.69) is 13.8 Å². The predicted molar refractivity (Wildman–Crippen MR) is 51.1 cm³/mol. The Bertz CT molecular complexity index is 123. The van der Waals surface area contributed by atoms with Crippen LogP contribution < -0.4 is 5.73 Å². The molecule has 12 heavy (non-hydrogen) atoms. The molecule has 2 N–H and O–H groups in total. The van der Waals surface area contributed by atoms with E-state index in [-0.39, 0.29) is 0 Å². The Balaban J connectivity index is 2.21. The van der Waals surface area contributed by atoms with Gasteiger partial charge in [0, 0.05) is 6.04 Å². The molecule has 2 atom stereocenters. The molecule has 1 saturated carbocycles. The zero-order valence-electron chi connectivity index (χ0n) is 8.25. The van der Waals surface area contributed by atoms with Crippen molar-refractivity contribution < 1.29 is 4.74 Å². The molecule has 0 saturated heterocycles. The quantitative estimate of drug-likeness (QED) is 0.702. The van der Waals surface area contributed by atoms with Crippen LogP contribution >= 0.6 is 0 Å². The highest BCUT2D eigenvalue weighted by Gasteiger charge is 2.23. The number of ether oxygens (including phenoxy) is 1. The lowest BCUT2D eigenvalue weighted by molar-refractivity contribution is -0.0119. The van der Waals surface area contributed by atoms with Crippen molar-refractivity contribution in [3.63, 3.8) is 0 Å². The average molecular weight is 171 g/mol. The Labute approximate surface area is 75.5 Å². The van der Waals surface area contributed by atoms with Crippen LogP contribution in [0.2, 0.25) is 0 Å². The first kappa shape index (κ1) is 10.0. The van der Waals surface area contributed by atoms with Gasteiger partial charge in [-0.2, -0.15) is 0 Å². The Morgan fingerprint density at radius 3 is 2.42 bits per heavy atom. The molecule has 0 aromatic rings. The fourth-order valence-electron chi connectivity index (χ4n) is 1.85. The number of nitrogens with two attached hydrogens (primary N) is 1. The highest BCUT2D eigenvalue weighted by molar-refractivity contribution is 4.79. The first-order valence-corrected chi connectivity index (χ1v) is 5.17. The van der Waals surface area contributed by atoms with Crippen LogP contribution in [0.4, 0.5) is 0 Å². The molecule has 0 bridgehead atoms. The molecule has 0 amide bonds. The lowest BCUT2D eigenvalue weighted by atomic mass is 10.2. The molecule has 0 aliphatic heterocycles. The fraction of sp³-hybridized carbons (Fsp3) is 1.00. The van der Waals surface area contributed by atoms with Crippen LogP contribution in [-0.4, -0.2) is 18.2 Å². The third kappa shape index (κ3) is 2.76. The van der Waals surface area contributed by atoms with E-state index in [1.165, 1.54) is 0 Å². The van der Waals surface area contributed by atoms with E-state index in [1.54, 1.807) is 0 Å². The molecule has 72 valence electrons. The van der Waals surface area contributed by atoms with Crippen molar-refractivity contribution in [2.75, 3.05) is 0 Å². The van der Waals surface area contributed by atoms with Crippen molar-refractivity contribution in [1.82, 2.24) is 0 Å². The van der Waals surface area contributed by atoms with Gasteiger partial charge >= 0.3 is 0 Å². The molecule has 1 fully saturated rings. The first-order chi connectivity index (χ1) is 5.76. The van der Waals surface area contributed by atoms with Crippen molar-refractivity contribution in [3.8, 4) is 0 Å². The van der Waals surface area contributed by atoms with Crippen LogP contribution in [0.15, 0.2) is 0 Å². The Morgan fingerprint density at radius 2 is 2.00 bits per heavy atom. The molecular formula is C10H21NO. The highest BCUT2D eigenvalue weighted by Crippen LogP contribution is 2.22. The van der Waals surface area contributed by atoms with Crippen molar-refractivity contribution in [2.24, 2.45) is 5.73 Å². The van der Waals surface area contributed by atoms with Gasteiger partial charge in [0.15, 0.2) is 0 Å². The summed E-state index contributed by atoms with van der Waals surface area (Å²) < 4.78 is 5.90. The molecular weight excluding hydrogens is 150 g/mol. The maximum atomic E-state index is 5.90. The first-order valence-electron chi connectivity index (χ1n) is 5.17. The van der Waals surface area contributed by atoms with Gasteiger partial charge in [-0.05, 0) is 32.1 Å². The van der Waals surface area contributed by atoms with Crippen LogP contribution in [-0.2, 0) is 4.74 Å². The summed E-state index contributed by atoms with van der Waals surface area (Å²) in [5, 5.41) is 0. The summed E-state index contributed by atoms with van der Waals surface area (Å²) in [4.78, 5) is 0. The van der Waals surface area contributed by atoms with E-state index in [4.69, 9.17) is 10.5 Å². The summed E-state index contributed by atoms with van der Waals surface area (Å²) in [5.74, 6) is 0. The Kier molecular flexibility index (Phi) is 4.02. The average Bonchev–Trinajstić information content (AvgIpc) is 2.47. The highest BCUT2D eigenvalue weighted by atomic mass is 16.5. The second kappa shape index (κ2) is 4.83. The molecule has 0 radical (unpaired) electrons. The van der Waals surface area contributed by atoms with Crippen LogP contribution in [0.5, 0.6) is 0 Å². The van der Waals surface area contributed by atoms with Gasteiger partial charge in [0.05, 0.1) is 12.2 Å².